The zero-order chi connectivity index (χ0) is 19.1. The summed E-state index contributed by atoms with van der Waals surface area (Å²) in [6.07, 6.45) is 0. The number of ether oxygens (including phenoxy) is 1. The molecule has 0 spiro atoms. The number of rotatable bonds is 10. The van der Waals surface area contributed by atoms with Crippen LogP contribution in [0, 0.1) is 0 Å². The zero-order valence-electron chi connectivity index (χ0n) is 17.5. The van der Waals surface area contributed by atoms with Gasteiger partial charge in [-0.25, -0.2) is 9.34 Å². The predicted molar refractivity (Wildman–Crippen MR) is 109 cm³/mol. The molecular weight excluding hydrogens is 331 g/mol. The van der Waals surface area contributed by atoms with Crippen LogP contribution in [0.4, 0.5) is 0 Å². The molecule has 0 saturated heterocycles. The van der Waals surface area contributed by atoms with Crippen LogP contribution >= 0.6 is 8.45 Å². The van der Waals surface area contributed by atoms with Crippen LogP contribution in [0.25, 0.3) is 0 Å². The highest BCUT2D eigenvalue weighted by atomic mass is 31.2. The van der Waals surface area contributed by atoms with E-state index in [0.717, 1.165) is 11.3 Å². The minimum atomic E-state index is -0.875. The maximum atomic E-state index is 6.58. The van der Waals surface area contributed by atoms with Gasteiger partial charge in [-0.15, -0.1) is 0 Å². The summed E-state index contributed by atoms with van der Waals surface area (Å²) in [4.78, 5) is 0. The summed E-state index contributed by atoms with van der Waals surface area (Å²) in [5.74, 6) is 0.888. The molecule has 144 valence electrons. The monoisotopic (exact) mass is 368 g/mol. The van der Waals surface area contributed by atoms with Gasteiger partial charge in [-0.1, -0.05) is 18.2 Å². The molecule has 4 nitrogen and oxygen atoms in total. The second kappa shape index (κ2) is 10.5. The lowest BCUT2D eigenvalue weighted by Crippen LogP contribution is -2.43. The van der Waals surface area contributed by atoms with Gasteiger partial charge in [0.1, 0.15) is 5.75 Å². The molecule has 0 aliphatic rings. The van der Waals surface area contributed by atoms with Gasteiger partial charge in [-0.3, -0.25) is 0 Å². The smallest absolute Gasteiger partial charge is 0.189 e. The Morgan fingerprint density at radius 2 is 1.24 bits per heavy atom. The Bertz CT molecular complexity index is 470. The van der Waals surface area contributed by atoms with Crippen molar-refractivity contribution in [2.75, 3.05) is 7.11 Å². The van der Waals surface area contributed by atoms with Crippen LogP contribution in [0.5, 0.6) is 5.75 Å². The van der Waals surface area contributed by atoms with E-state index < -0.39 is 8.45 Å². The van der Waals surface area contributed by atoms with Crippen LogP contribution < -0.4 is 4.74 Å². The van der Waals surface area contributed by atoms with Crippen LogP contribution in [0.1, 0.15) is 61.0 Å². The fourth-order valence-electron chi connectivity index (χ4n) is 3.18. The van der Waals surface area contributed by atoms with E-state index >= 15 is 0 Å². The molecule has 1 aromatic carbocycles. The highest BCUT2D eigenvalue weighted by Gasteiger charge is 2.34. The lowest BCUT2D eigenvalue weighted by atomic mass is 10.2. The molecule has 0 aromatic heterocycles. The van der Waals surface area contributed by atoms with Gasteiger partial charge in [0.25, 0.3) is 0 Å². The molecule has 0 aliphatic carbocycles. The van der Waals surface area contributed by atoms with Crippen molar-refractivity contribution >= 4 is 8.45 Å². The number of nitrogens with zero attached hydrogens (tertiary/aromatic N) is 2. The van der Waals surface area contributed by atoms with Crippen molar-refractivity contribution in [2.45, 2.75) is 86.2 Å². The maximum absolute atomic E-state index is 6.58. The third kappa shape index (κ3) is 6.21. The summed E-state index contributed by atoms with van der Waals surface area (Å²) in [7, 11) is 0.838. The minimum absolute atomic E-state index is 0.420. The van der Waals surface area contributed by atoms with Gasteiger partial charge >= 0.3 is 0 Å². The highest BCUT2D eigenvalue weighted by molar-refractivity contribution is 7.47. The molecular formula is C20H37N2O2P. The molecule has 5 heteroatoms. The van der Waals surface area contributed by atoms with Crippen LogP contribution in [-0.4, -0.2) is 40.6 Å². The van der Waals surface area contributed by atoms with Crippen molar-refractivity contribution in [2.24, 2.45) is 0 Å². The van der Waals surface area contributed by atoms with E-state index in [4.69, 9.17) is 9.26 Å². The normalized spacial score (nSPS) is 12.6. The minimum Gasteiger partial charge on any atom is -0.496 e. The second-order valence-corrected chi connectivity index (χ2v) is 9.16. The lowest BCUT2D eigenvalue weighted by molar-refractivity contribution is 0.181. The van der Waals surface area contributed by atoms with Gasteiger partial charge in [-0.05, 0) is 61.5 Å². The summed E-state index contributed by atoms with van der Waals surface area (Å²) in [6.45, 7) is 18.6. The summed E-state index contributed by atoms with van der Waals surface area (Å²) < 4.78 is 17.1. The summed E-state index contributed by atoms with van der Waals surface area (Å²) in [6, 6.07) is 9.78. The Kier molecular flexibility index (Phi) is 9.37. The Morgan fingerprint density at radius 1 is 0.800 bits per heavy atom. The van der Waals surface area contributed by atoms with E-state index in [2.05, 4.69) is 70.8 Å². The average Bonchev–Trinajstić information content (AvgIpc) is 2.51. The van der Waals surface area contributed by atoms with Gasteiger partial charge < -0.3 is 9.26 Å². The quantitative estimate of drug-likeness (QED) is 0.496. The van der Waals surface area contributed by atoms with Gasteiger partial charge in [0.05, 0.1) is 13.7 Å². The van der Waals surface area contributed by atoms with Crippen LogP contribution in [0.15, 0.2) is 24.3 Å². The van der Waals surface area contributed by atoms with E-state index in [1.807, 2.05) is 18.2 Å². The van der Waals surface area contributed by atoms with Gasteiger partial charge in [0, 0.05) is 29.7 Å². The Hall–Kier alpha value is -0.670. The van der Waals surface area contributed by atoms with Crippen molar-refractivity contribution in [1.82, 2.24) is 9.34 Å². The summed E-state index contributed by atoms with van der Waals surface area (Å²) in [5.41, 5.74) is 1.09. The van der Waals surface area contributed by atoms with E-state index in [1.54, 1.807) is 7.11 Å². The second-order valence-electron chi connectivity index (χ2n) is 7.47. The molecule has 0 saturated carbocycles. The average molecular weight is 369 g/mol. The van der Waals surface area contributed by atoms with Gasteiger partial charge in [0.2, 0.25) is 0 Å². The standard InChI is InChI=1S/C20H37N2O2P/c1-15(2)21(16(3)4)25(22(17(5)6)18(7)8)24-14-19-12-10-11-13-20(19)23-9/h10-13,15-18H,14H2,1-9H3. The molecule has 0 atom stereocenters. The number of methoxy groups -OCH3 is 1. The van der Waals surface area contributed by atoms with Crippen LogP contribution in [-0.2, 0) is 11.1 Å². The third-order valence-corrected chi connectivity index (χ3v) is 7.04. The van der Waals surface area contributed by atoms with Crippen molar-refractivity contribution in [3.05, 3.63) is 29.8 Å². The SMILES string of the molecule is COc1ccccc1COP(N(C(C)C)C(C)C)N(C(C)C)C(C)C. The van der Waals surface area contributed by atoms with E-state index in [0.29, 0.717) is 30.8 Å². The summed E-state index contributed by atoms with van der Waals surface area (Å²) in [5, 5.41) is 0. The fourth-order valence-corrected chi connectivity index (χ4v) is 5.53. The number of para-hydroxylation sites is 1. The summed E-state index contributed by atoms with van der Waals surface area (Å²) >= 11 is 0. The van der Waals surface area contributed by atoms with E-state index in [-0.39, 0.29) is 0 Å². The number of hydrogen-bond acceptors (Lipinski definition) is 4. The zero-order valence-corrected chi connectivity index (χ0v) is 18.4. The van der Waals surface area contributed by atoms with Crippen molar-refractivity contribution < 1.29 is 9.26 Å². The first-order valence-electron chi connectivity index (χ1n) is 9.32. The molecule has 0 radical (unpaired) electrons. The molecule has 0 aliphatic heterocycles. The first-order chi connectivity index (χ1) is 11.7. The van der Waals surface area contributed by atoms with Crippen LogP contribution in [0.2, 0.25) is 0 Å². The number of hydrogen-bond donors (Lipinski definition) is 0. The maximum Gasteiger partial charge on any atom is 0.189 e. The Morgan fingerprint density at radius 3 is 1.64 bits per heavy atom. The van der Waals surface area contributed by atoms with Crippen LogP contribution in [0.3, 0.4) is 0 Å². The topological polar surface area (TPSA) is 24.9 Å². The van der Waals surface area contributed by atoms with Gasteiger partial charge in [0.15, 0.2) is 8.45 Å². The highest BCUT2D eigenvalue weighted by Crippen LogP contribution is 2.51. The molecule has 0 amide bonds. The van der Waals surface area contributed by atoms with Crippen molar-refractivity contribution in [3.8, 4) is 5.75 Å². The van der Waals surface area contributed by atoms with Crippen molar-refractivity contribution in [1.29, 1.82) is 0 Å². The van der Waals surface area contributed by atoms with Crippen molar-refractivity contribution in [3.63, 3.8) is 0 Å². The molecule has 0 bridgehead atoms. The lowest BCUT2D eigenvalue weighted by Gasteiger charge is -2.45. The van der Waals surface area contributed by atoms with Gasteiger partial charge in [-0.2, -0.15) is 0 Å². The van der Waals surface area contributed by atoms with E-state index in [9.17, 15) is 0 Å². The Labute approximate surface area is 156 Å². The Balaban J connectivity index is 3.13. The predicted octanol–water partition coefficient (Wildman–Crippen LogP) is 5.68. The first kappa shape index (κ1) is 22.4. The largest absolute Gasteiger partial charge is 0.496 e. The molecule has 25 heavy (non-hydrogen) atoms. The molecule has 1 aromatic rings. The third-order valence-electron chi connectivity index (χ3n) is 4.04. The number of benzene rings is 1. The van der Waals surface area contributed by atoms with E-state index in [1.165, 1.54) is 0 Å². The molecule has 0 fully saturated rings. The molecule has 0 N–H and O–H groups in total. The molecule has 0 heterocycles. The molecule has 1 rings (SSSR count). The fraction of sp³-hybridized carbons (Fsp3) is 0.700. The molecule has 0 unspecified atom stereocenters. The first-order valence-corrected chi connectivity index (χ1v) is 10.5.